The van der Waals surface area contributed by atoms with Crippen LogP contribution in [0.25, 0.3) is 22.4 Å². The molecule has 4 saturated carbocycles. The van der Waals surface area contributed by atoms with E-state index in [-0.39, 0.29) is 17.3 Å². The van der Waals surface area contributed by atoms with Gasteiger partial charge in [0.05, 0.1) is 24.5 Å². The van der Waals surface area contributed by atoms with Crippen molar-refractivity contribution in [3.8, 4) is 22.8 Å². The third-order valence-electron chi connectivity index (χ3n) is 7.76. The van der Waals surface area contributed by atoms with Gasteiger partial charge in [-0.25, -0.2) is 19.7 Å². The van der Waals surface area contributed by atoms with Gasteiger partial charge in [0.2, 0.25) is 0 Å². The molecule has 2 amide bonds. The molecular formula is C25H27N5O3S. The summed E-state index contributed by atoms with van der Waals surface area (Å²) in [7, 11) is 1.50. The first-order valence-corrected chi connectivity index (χ1v) is 12.1. The first kappa shape index (κ1) is 21.5. The number of pyridine rings is 1. The van der Waals surface area contributed by atoms with E-state index in [0.717, 1.165) is 42.6 Å². The summed E-state index contributed by atoms with van der Waals surface area (Å²) in [4.78, 5) is 26.8. The number of ether oxygens (including phenoxy) is 1. The van der Waals surface area contributed by atoms with Crippen LogP contribution in [0.4, 0.5) is 10.6 Å². The topological polar surface area (TPSA) is 100 Å². The molecule has 0 unspecified atom stereocenters. The number of methoxy groups -OCH3 is 1. The van der Waals surface area contributed by atoms with Gasteiger partial charge in [0.25, 0.3) is 0 Å². The molecule has 3 aromatic rings. The molecule has 4 bridgehead atoms. The number of benzene rings is 1. The number of hydrogen-bond donors (Lipinski definition) is 3. The number of carbonyl (C=O) groups excluding carboxylic acids is 1. The molecule has 0 atom stereocenters. The van der Waals surface area contributed by atoms with Crippen molar-refractivity contribution in [3.05, 3.63) is 36.5 Å². The second kappa shape index (κ2) is 8.01. The Labute approximate surface area is 203 Å². The van der Waals surface area contributed by atoms with Gasteiger partial charge in [-0.1, -0.05) is 12.8 Å². The average Bonchev–Trinajstić information content (AvgIpc) is 2.82. The molecule has 4 aliphatic carbocycles. The highest BCUT2D eigenvalue weighted by Crippen LogP contribution is 2.58. The van der Waals surface area contributed by atoms with E-state index in [4.69, 9.17) is 4.74 Å². The Bertz CT molecular complexity index is 1250. The molecule has 8 nitrogen and oxygen atoms in total. The molecule has 4 aliphatic rings. The molecule has 0 saturated heterocycles. The highest BCUT2D eigenvalue weighted by molar-refractivity contribution is 7.78. The molecule has 0 aliphatic heterocycles. The van der Waals surface area contributed by atoms with Crippen LogP contribution in [0.5, 0.6) is 11.5 Å². The van der Waals surface area contributed by atoms with Crippen LogP contribution < -0.4 is 10.1 Å². The molecule has 2 N–H and O–H groups in total. The monoisotopic (exact) mass is 477 g/mol. The summed E-state index contributed by atoms with van der Waals surface area (Å²) in [6.07, 6.45) is 8.59. The summed E-state index contributed by atoms with van der Waals surface area (Å²) in [6, 6.07) is 8.44. The molecule has 0 radical (unpaired) electrons. The molecule has 7 rings (SSSR count). The highest BCUT2D eigenvalue weighted by Gasteiger charge is 2.54. The number of nitrogens with one attached hydrogen (secondary N) is 1. The number of hydrogen-bond acceptors (Lipinski definition) is 7. The Hall–Kier alpha value is -3.07. The van der Waals surface area contributed by atoms with Crippen LogP contribution >= 0.6 is 12.8 Å². The number of phenolic OH excluding ortho intramolecular Hbond substituents is 1. The number of rotatable bonds is 4. The lowest BCUT2D eigenvalue weighted by atomic mass is 9.53. The molecule has 9 heteroatoms. The molecule has 4 fully saturated rings. The van der Waals surface area contributed by atoms with Gasteiger partial charge in [-0.2, -0.15) is 0 Å². The van der Waals surface area contributed by atoms with Gasteiger partial charge in [-0.3, -0.25) is 9.62 Å². The smallest absolute Gasteiger partial charge is 0.333 e. The second-order valence-electron chi connectivity index (χ2n) is 10.1. The number of amides is 2. The number of aromatic hydroxyl groups is 1. The summed E-state index contributed by atoms with van der Waals surface area (Å²) in [6.45, 7) is 0. The summed E-state index contributed by atoms with van der Waals surface area (Å²) < 4.78 is 6.84. The number of carbonyl (C=O) groups is 1. The van der Waals surface area contributed by atoms with Gasteiger partial charge in [0, 0.05) is 5.56 Å². The molecule has 176 valence electrons. The van der Waals surface area contributed by atoms with Gasteiger partial charge < -0.3 is 9.84 Å². The molecule has 2 heterocycles. The van der Waals surface area contributed by atoms with Crippen molar-refractivity contribution in [1.29, 1.82) is 0 Å². The normalized spacial score (nSPS) is 27.1. The minimum atomic E-state index is -0.265. The number of fused-ring (bicyclic) bond motifs is 1. The first-order chi connectivity index (χ1) is 16.4. The molecule has 2 aromatic heterocycles. The lowest BCUT2D eigenvalue weighted by Gasteiger charge is -2.58. The van der Waals surface area contributed by atoms with Crippen molar-refractivity contribution in [1.82, 2.24) is 19.3 Å². The average molecular weight is 478 g/mol. The van der Waals surface area contributed by atoms with Crippen LogP contribution in [0.1, 0.15) is 38.5 Å². The van der Waals surface area contributed by atoms with E-state index in [0.29, 0.717) is 28.4 Å². The predicted molar refractivity (Wildman–Crippen MR) is 132 cm³/mol. The summed E-state index contributed by atoms with van der Waals surface area (Å²) in [5.74, 6) is 2.92. The van der Waals surface area contributed by atoms with E-state index in [1.165, 1.54) is 26.4 Å². The van der Waals surface area contributed by atoms with Crippen molar-refractivity contribution in [2.45, 2.75) is 44.1 Å². The van der Waals surface area contributed by atoms with E-state index < -0.39 is 0 Å². The fraction of sp³-hybridized carbons (Fsp3) is 0.440. The van der Waals surface area contributed by atoms with Gasteiger partial charge in [-0.05, 0) is 86.6 Å². The van der Waals surface area contributed by atoms with Crippen molar-refractivity contribution in [2.75, 3.05) is 12.4 Å². The fourth-order valence-corrected chi connectivity index (χ4v) is 6.95. The number of phenols is 1. The van der Waals surface area contributed by atoms with Crippen LogP contribution in [0.15, 0.2) is 36.5 Å². The fourth-order valence-electron chi connectivity index (χ4n) is 6.66. The number of anilines is 1. The summed E-state index contributed by atoms with van der Waals surface area (Å²) in [5.41, 5.74) is 2.32. The zero-order valence-electron chi connectivity index (χ0n) is 18.9. The van der Waals surface area contributed by atoms with Crippen molar-refractivity contribution < 1.29 is 14.6 Å². The maximum Gasteiger partial charge on any atom is 0.333 e. The van der Waals surface area contributed by atoms with E-state index in [1.54, 1.807) is 28.7 Å². The largest absolute Gasteiger partial charge is 0.504 e. The zero-order valence-corrected chi connectivity index (χ0v) is 19.8. The van der Waals surface area contributed by atoms with E-state index in [1.807, 2.05) is 12.1 Å². The minimum Gasteiger partial charge on any atom is -0.504 e. The van der Waals surface area contributed by atoms with E-state index in [9.17, 15) is 9.90 Å². The maximum absolute atomic E-state index is 13.2. The number of nitrogens with zero attached hydrogens (tertiary/aromatic N) is 4. The SMILES string of the molecule is COc1cc(-c2ccc3ncc(NC(=O)N(S)C45CC6CC(CC(C6)C4)C5)nc3n2)ccc1O. The Morgan fingerprint density at radius 2 is 1.82 bits per heavy atom. The molecule has 0 spiro atoms. The van der Waals surface area contributed by atoms with E-state index >= 15 is 0 Å². The van der Waals surface area contributed by atoms with Crippen molar-refractivity contribution in [3.63, 3.8) is 0 Å². The molecule has 34 heavy (non-hydrogen) atoms. The summed E-state index contributed by atoms with van der Waals surface area (Å²) >= 11 is 4.69. The summed E-state index contributed by atoms with van der Waals surface area (Å²) in [5, 5.41) is 12.8. The highest BCUT2D eigenvalue weighted by atomic mass is 32.1. The number of thiol groups is 1. The Morgan fingerprint density at radius 1 is 1.12 bits per heavy atom. The van der Waals surface area contributed by atoms with Gasteiger partial charge in [0.15, 0.2) is 23.0 Å². The number of urea groups is 1. The van der Waals surface area contributed by atoms with Gasteiger partial charge >= 0.3 is 6.03 Å². The third kappa shape index (κ3) is 3.62. The van der Waals surface area contributed by atoms with Crippen LogP contribution in [-0.4, -0.2) is 43.0 Å². The van der Waals surface area contributed by atoms with Crippen LogP contribution in [0.2, 0.25) is 0 Å². The van der Waals surface area contributed by atoms with Gasteiger partial charge in [0.1, 0.15) is 5.52 Å². The number of aromatic nitrogens is 3. The van der Waals surface area contributed by atoms with E-state index in [2.05, 4.69) is 33.1 Å². The standard InChI is InChI=1S/C25H27N5O3S/c1-33-21-9-17(2-5-20(21)31)18-3-4-19-23(27-18)28-22(13-26-19)29-24(32)30(34)25-10-14-6-15(11-25)8-16(7-14)12-25/h2-5,9,13-16,31,34H,6-8,10-12H2,1H3,(H,27,28,29,32). The van der Waals surface area contributed by atoms with Crippen LogP contribution in [0, 0.1) is 17.8 Å². The molecule has 1 aromatic carbocycles. The lowest BCUT2D eigenvalue weighted by molar-refractivity contribution is -0.0394. The van der Waals surface area contributed by atoms with Crippen LogP contribution in [-0.2, 0) is 0 Å². The third-order valence-corrected chi connectivity index (χ3v) is 8.37. The zero-order chi connectivity index (χ0) is 23.4. The van der Waals surface area contributed by atoms with Crippen LogP contribution in [0.3, 0.4) is 0 Å². The van der Waals surface area contributed by atoms with Gasteiger partial charge in [-0.15, -0.1) is 0 Å². The van der Waals surface area contributed by atoms with Crippen molar-refractivity contribution in [2.24, 2.45) is 17.8 Å². The Balaban J connectivity index is 1.24. The quantitative estimate of drug-likeness (QED) is 0.455. The van der Waals surface area contributed by atoms with Crippen molar-refractivity contribution >= 4 is 35.8 Å². The molecular weight excluding hydrogens is 450 g/mol. The second-order valence-corrected chi connectivity index (χ2v) is 10.5. The first-order valence-electron chi connectivity index (χ1n) is 11.7. The Kier molecular flexibility index (Phi) is 5.05. The minimum absolute atomic E-state index is 0.0622. The maximum atomic E-state index is 13.2. The Morgan fingerprint density at radius 3 is 2.50 bits per heavy atom. The lowest BCUT2D eigenvalue weighted by Crippen LogP contribution is -2.59. The predicted octanol–water partition coefficient (Wildman–Crippen LogP) is 5.05.